The van der Waals surface area contributed by atoms with Crippen molar-refractivity contribution in [2.24, 2.45) is 0 Å². The molecule has 2 aromatic rings. The molecule has 0 atom stereocenters. The van der Waals surface area contributed by atoms with Gasteiger partial charge in [0.15, 0.2) is 6.61 Å². The summed E-state index contributed by atoms with van der Waals surface area (Å²) in [6, 6.07) is 12.7. The van der Waals surface area contributed by atoms with Gasteiger partial charge in [-0.25, -0.2) is 0 Å². The van der Waals surface area contributed by atoms with E-state index in [-0.39, 0.29) is 12.5 Å². The van der Waals surface area contributed by atoms with Gasteiger partial charge >= 0.3 is 0 Å². The molecule has 0 aliphatic heterocycles. The van der Waals surface area contributed by atoms with Crippen LogP contribution in [0.2, 0.25) is 0 Å². The largest absolute Gasteiger partial charge is 0.484 e. The number of nitriles is 1. The number of carbonyl (C=O) groups excluding carboxylic acids is 1. The van der Waals surface area contributed by atoms with Crippen LogP contribution in [0.5, 0.6) is 5.75 Å². The number of thiophene rings is 1. The Morgan fingerprint density at radius 2 is 2.09 bits per heavy atom. The summed E-state index contributed by atoms with van der Waals surface area (Å²) in [4.78, 5) is 15.2. The molecule has 1 amide bonds. The lowest BCUT2D eigenvalue weighted by Crippen LogP contribution is -2.36. The topological polar surface area (TPSA) is 62.6 Å². The zero-order valence-electron chi connectivity index (χ0n) is 12.9. The number of amides is 1. The molecule has 0 aliphatic rings. The monoisotopic (exact) mass is 330 g/mol. The highest BCUT2D eigenvalue weighted by Gasteiger charge is 2.15. The Hall–Kier alpha value is -2.36. The van der Waals surface area contributed by atoms with Crippen molar-refractivity contribution in [3.05, 3.63) is 52.2 Å². The number of ether oxygens (including phenoxy) is 2. The molecule has 0 unspecified atom stereocenters. The summed E-state index contributed by atoms with van der Waals surface area (Å²) < 4.78 is 10.6. The van der Waals surface area contributed by atoms with E-state index >= 15 is 0 Å². The van der Waals surface area contributed by atoms with Crippen molar-refractivity contribution >= 4 is 17.2 Å². The van der Waals surface area contributed by atoms with Crippen molar-refractivity contribution in [1.82, 2.24) is 4.90 Å². The van der Waals surface area contributed by atoms with E-state index < -0.39 is 0 Å². The molecule has 0 fully saturated rings. The summed E-state index contributed by atoms with van der Waals surface area (Å²) in [6.07, 6.45) is 0. The third-order valence-corrected chi connectivity index (χ3v) is 4.05. The summed E-state index contributed by atoms with van der Waals surface area (Å²) in [6.45, 7) is 1.51. The average molecular weight is 330 g/mol. The molecule has 0 saturated carbocycles. The summed E-state index contributed by atoms with van der Waals surface area (Å²) in [7, 11) is 1.61. The van der Waals surface area contributed by atoms with Crippen LogP contribution in [0.4, 0.5) is 0 Å². The normalized spacial score (nSPS) is 10.1. The fourth-order valence-electron chi connectivity index (χ4n) is 1.95. The van der Waals surface area contributed by atoms with E-state index in [1.54, 1.807) is 47.6 Å². The zero-order chi connectivity index (χ0) is 16.5. The number of hydrogen-bond donors (Lipinski definition) is 0. The van der Waals surface area contributed by atoms with Crippen LogP contribution in [0, 0.1) is 11.3 Å². The van der Waals surface area contributed by atoms with E-state index in [1.165, 1.54) is 0 Å². The fourth-order valence-corrected chi connectivity index (χ4v) is 2.67. The van der Waals surface area contributed by atoms with Crippen LogP contribution in [0.3, 0.4) is 0 Å². The standard InChI is InChI=1S/C17H18N2O3S/c1-21-9-8-19(12-16-3-2-10-23-16)17(20)13-22-15-6-4-14(11-18)5-7-15/h2-7,10H,8-9,12-13H2,1H3. The predicted octanol–water partition coefficient (Wildman–Crippen LogP) is 2.67. The fraction of sp³-hybridized carbons (Fsp3) is 0.294. The molecule has 6 heteroatoms. The first-order valence-electron chi connectivity index (χ1n) is 7.15. The van der Waals surface area contributed by atoms with Gasteiger partial charge in [-0.05, 0) is 35.7 Å². The van der Waals surface area contributed by atoms with Crippen molar-refractivity contribution in [2.75, 3.05) is 26.9 Å². The van der Waals surface area contributed by atoms with E-state index in [0.717, 1.165) is 4.88 Å². The Bertz CT molecular complexity index is 647. The van der Waals surface area contributed by atoms with Crippen LogP contribution in [0.15, 0.2) is 41.8 Å². The van der Waals surface area contributed by atoms with Crippen molar-refractivity contribution in [2.45, 2.75) is 6.54 Å². The third kappa shape index (κ3) is 5.40. The number of carbonyl (C=O) groups is 1. The number of benzene rings is 1. The third-order valence-electron chi connectivity index (χ3n) is 3.19. The second-order valence-electron chi connectivity index (χ2n) is 4.81. The highest BCUT2D eigenvalue weighted by molar-refractivity contribution is 7.09. The summed E-state index contributed by atoms with van der Waals surface area (Å²) in [5.41, 5.74) is 0.558. The molecule has 23 heavy (non-hydrogen) atoms. The molecule has 0 aliphatic carbocycles. The first-order valence-corrected chi connectivity index (χ1v) is 8.03. The van der Waals surface area contributed by atoms with Gasteiger partial charge < -0.3 is 14.4 Å². The molecule has 1 heterocycles. The Balaban J connectivity index is 1.92. The molecule has 0 spiro atoms. The van der Waals surface area contributed by atoms with E-state index in [2.05, 4.69) is 0 Å². The second-order valence-corrected chi connectivity index (χ2v) is 5.84. The van der Waals surface area contributed by atoms with Gasteiger partial charge in [0.1, 0.15) is 5.75 Å². The molecule has 120 valence electrons. The quantitative estimate of drug-likeness (QED) is 0.746. The molecule has 1 aromatic carbocycles. The first kappa shape index (κ1) is 17.0. The van der Waals surface area contributed by atoms with Crippen molar-refractivity contribution < 1.29 is 14.3 Å². The van der Waals surface area contributed by atoms with E-state index in [1.807, 2.05) is 23.6 Å². The maximum Gasteiger partial charge on any atom is 0.260 e. The van der Waals surface area contributed by atoms with Crippen molar-refractivity contribution in [3.8, 4) is 11.8 Å². The molecule has 0 N–H and O–H groups in total. The predicted molar refractivity (Wildman–Crippen MR) is 88.3 cm³/mol. The lowest BCUT2D eigenvalue weighted by molar-refractivity contribution is -0.134. The smallest absolute Gasteiger partial charge is 0.260 e. The maximum absolute atomic E-state index is 12.4. The molecule has 1 aromatic heterocycles. The van der Waals surface area contributed by atoms with Crippen LogP contribution >= 0.6 is 11.3 Å². The molecule has 0 radical (unpaired) electrons. The highest BCUT2D eigenvalue weighted by atomic mass is 32.1. The van der Waals surface area contributed by atoms with Crippen molar-refractivity contribution in [3.63, 3.8) is 0 Å². The number of rotatable bonds is 8. The minimum Gasteiger partial charge on any atom is -0.484 e. The molecule has 2 rings (SSSR count). The van der Waals surface area contributed by atoms with Crippen LogP contribution in [-0.4, -0.2) is 37.7 Å². The van der Waals surface area contributed by atoms with Crippen LogP contribution < -0.4 is 4.74 Å². The van der Waals surface area contributed by atoms with E-state index in [4.69, 9.17) is 14.7 Å². The Morgan fingerprint density at radius 3 is 2.70 bits per heavy atom. The van der Waals surface area contributed by atoms with Crippen LogP contribution in [0.1, 0.15) is 10.4 Å². The second kappa shape index (κ2) is 8.93. The average Bonchev–Trinajstić information content (AvgIpc) is 3.10. The van der Waals surface area contributed by atoms with Crippen LogP contribution in [-0.2, 0) is 16.1 Å². The summed E-state index contributed by atoms with van der Waals surface area (Å²) in [5, 5.41) is 10.7. The van der Waals surface area contributed by atoms with E-state index in [0.29, 0.717) is 31.0 Å². The van der Waals surface area contributed by atoms with Gasteiger partial charge in [0, 0.05) is 18.5 Å². The maximum atomic E-state index is 12.4. The Morgan fingerprint density at radius 1 is 1.30 bits per heavy atom. The summed E-state index contributed by atoms with van der Waals surface area (Å²) >= 11 is 1.61. The van der Waals surface area contributed by atoms with Gasteiger partial charge in [0.05, 0.1) is 24.8 Å². The minimum absolute atomic E-state index is 0.0407. The lowest BCUT2D eigenvalue weighted by Gasteiger charge is -2.22. The number of hydrogen-bond acceptors (Lipinski definition) is 5. The minimum atomic E-state index is -0.0974. The zero-order valence-corrected chi connectivity index (χ0v) is 13.7. The molecular formula is C17H18N2O3S. The molecule has 5 nitrogen and oxygen atoms in total. The van der Waals surface area contributed by atoms with E-state index in [9.17, 15) is 4.79 Å². The van der Waals surface area contributed by atoms with Gasteiger partial charge in [-0.15, -0.1) is 11.3 Å². The Kier molecular flexibility index (Phi) is 6.60. The Labute approximate surface area is 139 Å². The van der Waals surface area contributed by atoms with Gasteiger partial charge in [0.2, 0.25) is 0 Å². The summed E-state index contributed by atoms with van der Waals surface area (Å²) in [5.74, 6) is 0.472. The number of nitrogens with zero attached hydrogens (tertiary/aromatic N) is 2. The molecule has 0 saturated heterocycles. The molecular weight excluding hydrogens is 312 g/mol. The number of methoxy groups -OCH3 is 1. The van der Waals surface area contributed by atoms with Gasteiger partial charge in [-0.1, -0.05) is 6.07 Å². The molecule has 0 bridgehead atoms. The lowest BCUT2D eigenvalue weighted by atomic mass is 10.2. The highest BCUT2D eigenvalue weighted by Crippen LogP contribution is 2.14. The SMILES string of the molecule is COCCN(Cc1cccs1)C(=O)COc1ccc(C#N)cc1. The van der Waals surface area contributed by atoms with Gasteiger partial charge in [-0.3, -0.25) is 4.79 Å². The first-order chi connectivity index (χ1) is 11.2. The van der Waals surface area contributed by atoms with Crippen molar-refractivity contribution in [1.29, 1.82) is 5.26 Å². The van der Waals surface area contributed by atoms with Gasteiger partial charge in [0.25, 0.3) is 5.91 Å². The van der Waals surface area contributed by atoms with Crippen LogP contribution in [0.25, 0.3) is 0 Å². The van der Waals surface area contributed by atoms with Gasteiger partial charge in [-0.2, -0.15) is 5.26 Å².